The van der Waals surface area contributed by atoms with E-state index >= 15 is 0 Å². The van der Waals surface area contributed by atoms with Crippen molar-refractivity contribution in [2.45, 2.75) is 12.3 Å². The van der Waals surface area contributed by atoms with Crippen molar-refractivity contribution >= 4 is 16.9 Å². The topological polar surface area (TPSA) is 81.6 Å². The Labute approximate surface area is 131 Å². The summed E-state index contributed by atoms with van der Waals surface area (Å²) in [6.45, 7) is 1.21. The number of rotatable bonds is 3. The average Bonchev–Trinajstić information content (AvgIpc) is 3.32. The van der Waals surface area contributed by atoms with E-state index in [-0.39, 0.29) is 11.8 Å². The third kappa shape index (κ3) is 2.34. The van der Waals surface area contributed by atoms with Crippen molar-refractivity contribution in [1.29, 1.82) is 0 Å². The number of carbonyl (C=O) groups excluding carboxylic acids is 1. The van der Waals surface area contributed by atoms with Gasteiger partial charge in [-0.05, 0) is 18.6 Å². The SMILES string of the molecule is COc1cccc2cc(C(=O)N3CC[C@H](c4ncon4)C3)oc12. The summed E-state index contributed by atoms with van der Waals surface area (Å²) in [4.78, 5) is 18.5. The summed E-state index contributed by atoms with van der Waals surface area (Å²) in [6.07, 6.45) is 2.13. The fraction of sp³-hybridized carbons (Fsp3) is 0.312. The number of amides is 1. The van der Waals surface area contributed by atoms with Gasteiger partial charge in [-0.3, -0.25) is 4.79 Å². The molecule has 0 N–H and O–H groups in total. The van der Waals surface area contributed by atoms with Gasteiger partial charge >= 0.3 is 0 Å². The van der Waals surface area contributed by atoms with Crippen LogP contribution in [0, 0.1) is 0 Å². The van der Waals surface area contributed by atoms with E-state index in [1.807, 2.05) is 18.2 Å². The van der Waals surface area contributed by atoms with Gasteiger partial charge in [-0.15, -0.1) is 0 Å². The molecule has 0 bridgehead atoms. The molecule has 0 unspecified atom stereocenters. The van der Waals surface area contributed by atoms with Gasteiger partial charge in [-0.25, -0.2) is 0 Å². The number of para-hydroxylation sites is 1. The molecule has 1 saturated heterocycles. The maximum Gasteiger partial charge on any atom is 0.289 e. The molecule has 3 heterocycles. The number of benzene rings is 1. The zero-order valence-electron chi connectivity index (χ0n) is 12.6. The molecule has 3 aromatic rings. The third-order valence-corrected chi connectivity index (χ3v) is 4.16. The van der Waals surface area contributed by atoms with Crippen molar-refractivity contribution in [3.05, 3.63) is 42.2 Å². The van der Waals surface area contributed by atoms with E-state index in [9.17, 15) is 4.79 Å². The Hall–Kier alpha value is -2.83. The molecule has 2 aromatic heterocycles. The predicted molar refractivity (Wildman–Crippen MR) is 80.3 cm³/mol. The Morgan fingerprint density at radius 2 is 2.35 bits per heavy atom. The van der Waals surface area contributed by atoms with Crippen LogP contribution in [0.5, 0.6) is 5.75 Å². The first-order valence-corrected chi connectivity index (χ1v) is 7.38. The first-order valence-electron chi connectivity index (χ1n) is 7.38. The van der Waals surface area contributed by atoms with Gasteiger partial charge in [-0.1, -0.05) is 17.3 Å². The smallest absolute Gasteiger partial charge is 0.289 e. The van der Waals surface area contributed by atoms with Gasteiger partial charge in [0.25, 0.3) is 5.91 Å². The lowest BCUT2D eigenvalue weighted by molar-refractivity contribution is 0.0761. The van der Waals surface area contributed by atoms with E-state index in [2.05, 4.69) is 10.1 Å². The molecule has 1 aromatic carbocycles. The molecule has 1 atom stereocenters. The molecule has 1 fully saturated rings. The van der Waals surface area contributed by atoms with Crippen LogP contribution in [-0.4, -0.2) is 41.1 Å². The van der Waals surface area contributed by atoms with Crippen LogP contribution in [0.3, 0.4) is 0 Å². The molecule has 1 aliphatic heterocycles. The molecule has 118 valence electrons. The van der Waals surface area contributed by atoms with Crippen molar-refractivity contribution in [3.8, 4) is 5.75 Å². The fourth-order valence-electron chi connectivity index (χ4n) is 2.97. The van der Waals surface area contributed by atoms with E-state index in [4.69, 9.17) is 13.7 Å². The summed E-state index contributed by atoms with van der Waals surface area (Å²) in [7, 11) is 1.58. The number of hydrogen-bond donors (Lipinski definition) is 0. The van der Waals surface area contributed by atoms with Crippen molar-refractivity contribution in [2.75, 3.05) is 20.2 Å². The molecular formula is C16H15N3O4. The second-order valence-electron chi connectivity index (χ2n) is 5.52. The van der Waals surface area contributed by atoms with E-state index in [1.165, 1.54) is 6.39 Å². The van der Waals surface area contributed by atoms with E-state index in [0.29, 0.717) is 36.0 Å². The highest BCUT2D eigenvalue weighted by atomic mass is 16.5. The molecule has 1 aliphatic rings. The lowest BCUT2D eigenvalue weighted by Crippen LogP contribution is -2.28. The van der Waals surface area contributed by atoms with E-state index in [0.717, 1.165) is 11.8 Å². The average molecular weight is 313 g/mol. The summed E-state index contributed by atoms with van der Waals surface area (Å²) in [5, 5.41) is 4.71. The van der Waals surface area contributed by atoms with Crippen LogP contribution in [0.25, 0.3) is 11.0 Å². The predicted octanol–water partition coefficient (Wildman–Crippen LogP) is 2.45. The molecule has 0 spiro atoms. The first kappa shape index (κ1) is 13.8. The first-order chi connectivity index (χ1) is 11.3. The number of likely N-dealkylation sites (tertiary alicyclic amines) is 1. The van der Waals surface area contributed by atoms with Crippen LogP contribution in [0.4, 0.5) is 0 Å². The zero-order chi connectivity index (χ0) is 15.8. The maximum absolute atomic E-state index is 12.7. The minimum absolute atomic E-state index is 0.108. The second-order valence-corrected chi connectivity index (χ2v) is 5.52. The van der Waals surface area contributed by atoms with Gasteiger partial charge in [0.2, 0.25) is 6.39 Å². The van der Waals surface area contributed by atoms with Crippen LogP contribution < -0.4 is 4.74 Å². The van der Waals surface area contributed by atoms with Crippen LogP contribution in [0.2, 0.25) is 0 Å². The molecule has 7 heteroatoms. The summed E-state index contributed by atoms with van der Waals surface area (Å²) in [5.41, 5.74) is 0.590. The Kier molecular flexibility index (Phi) is 3.25. The molecule has 23 heavy (non-hydrogen) atoms. The molecule has 0 aliphatic carbocycles. The number of hydrogen-bond acceptors (Lipinski definition) is 6. The Morgan fingerprint density at radius 3 is 3.13 bits per heavy atom. The van der Waals surface area contributed by atoms with Crippen LogP contribution in [0.1, 0.15) is 28.7 Å². The molecule has 1 amide bonds. The highest BCUT2D eigenvalue weighted by Gasteiger charge is 2.31. The molecule has 0 radical (unpaired) electrons. The van der Waals surface area contributed by atoms with Crippen molar-refractivity contribution in [3.63, 3.8) is 0 Å². The van der Waals surface area contributed by atoms with Crippen molar-refractivity contribution < 1.29 is 18.5 Å². The Bertz CT molecular complexity index is 840. The van der Waals surface area contributed by atoms with Gasteiger partial charge in [0.05, 0.1) is 7.11 Å². The third-order valence-electron chi connectivity index (χ3n) is 4.16. The lowest BCUT2D eigenvalue weighted by Gasteiger charge is -2.13. The zero-order valence-corrected chi connectivity index (χ0v) is 12.6. The molecular weight excluding hydrogens is 298 g/mol. The summed E-state index contributed by atoms with van der Waals surface area (Å²) in [6, 6.07) is 7.32. The van der Waals surface area contributed by atoms with Crippen LogP contribution in [-0.2, 0) is 0 Å². The van der Waals surface area contributed by atoms with E-state index < -0.39 is 0 Å². The van der Waals surface area contributed by atoms with Crippen molar-refractivity contribution in [1.82, 2.24) is 15.0 Å². The number of carbonyl (C=O) groups is 1. The van der Waals surface area contributed by atoms with Crippen LogP contribution in [0.15, 0.2) is 39.6 Å². The van der Waals surface area contributed by atoms with Gasteiger partial charge in [0.15, 0.2) is 22.9 Å². The summed E-state index contributed by atoms with van der Waals surface area (Å²) in [5.74, 6) is 1.56. The monoisotopic (exact) mass is 313 g/mol. The summed E-state index contributed by atoms with van der Waals surface area (Å²) >= 11 is 0. The standard InChI is InChI=1S/C16H15N3O4/c1-21-12-4-2-3-10-7-13(23-14(10)12)16(20)19-6-5-11(8-19)15-17-9-22-18-15/h2-4,7,9,11H,5-6,8H2,1H3/t11-/m0/s1. The Morgan fingerprint density at radius 1 is 1.43 bits per heavy atom. The van der Waals surface area contributed by atoms with E-state index in [1.54, 1.807) is 18.1 Å². The van der Waals surface area contributed by atoms with Gasteiger partial charge in [0.1, 0.15) is 0 Å². The van der Waals surface area contributed by atoms with Gasteiger partial charge in [-0.2, -0.15) is 4.98 Å². The molecule has 7 nitrogen and oxygen atoms in total. The molecule has 4 rings (SSSR count). The molecule has 0 saturated carbocycles. The van der Waals surface area contributed by atoms with Crippen molar-refractivity contribution in [2.24, 2.45) is 0 Å². The normalized spacial score (nSPS) is 17.8. The second kappa shape index (κ2) is 5.42. The largest absolute Gasteiger partial charge is 0.493 e. The minimum Gasteiger partial charge on any atom is -0.493 e. The number of nitrogens with zero attached hydrogens (tertiary/aromatic N) is 3. The highest BCUT2D eigenvalue weighted by Crippen LogP contribution is 2.31. The fourth-order valence-corrected chi connectivity index (χ4v) is 2.97. The lowest BCUT2D eigenvalue weighted by atomic mass is 10.1. The minimum atomic E-state index is -0.130. The summed E-state index contributed by atoms with van der Waals surface area (Å²) < 4.78 is 15.8. The Balaban J connectivity index is 1.58. The number of ether oxygens (including phenoxy) is 1. The van der Waals surface area contributed by atoms with Crippen LogP contribution >= 0.6 is 0 Å². The number of furan rings is 1. The quantitative estimate of drug-likeness (QED) is 0.739. The number of aromatic nitrogens is 2. The number of methoxy groups -OCH3 is 1. The number of fused-ring (bicyclic) bond motifs is 1. The highest BCUT2D eigenvalue weighted by molar-refractivity contribution is 5.97. The maximum atomic E-state index is 12.7. The van der Waals surface area contributed by atoms with Gasteiger partial charge < -0.3 is 18.6 Å². The van der Waals surface area contributed by atoms with Gasteiger partial charge in [0, 0.05) is 24.4 Å².